The molecule has 0 amide bonds. The van der Waals surface area contributed by atoms with E-state index in [0.717, 1.165) is 18.5 Å². The SMILES string of the molecule is C=C1CCN(C)CC1F. The molecule has 1 aliphatic rings. The van der Waals surface area contributed by atoms with Crippen LogP contribution in [0.15, 0.2) is 12.2 Å². The van der Waals surface area contributed by atoms with Crippen molar-refractivity contribution in [2.45, 2.75) is 12.6 Å². The molecule has 0 bridgehead atoms. The number of halogens is 1. The Hall–Kier alpha value is -0.370. The van der Waals surface area contributed by atoms with Gasteiger partial charge in [-0.15, -0.1) is 0 Å². The van der Waals surface area contributed by atoms with Crippen molar-refractivity contribution >= 4 is 0 Å². The summed E-state index contributed by atoms with van der Waals surface area (Å²) < 4.78 is 12.7. The summed E-state index contributed by atoms with van der Waals surface area (Å²) in [5.74, 6) is 0. The van der Waals surface area contributed by atoms with E-state index in [1.54, 1.807) is 0 Å². The van der Waals surface area contributed by atoms with Gasteiger partial charge in [-0.05, 0) is 19.0 Å². The van der Waals surface area contributed by atoms with E-state index in [2.05, 4.69) is 6.58 Å². The fourth-order valence-corrected chi connectivity index (χ4v) is 0.985. The van der Waals surface area contributed by atoms with E-state index in [1.165, 1.54) is 0 Å². The maximum atomic E-state index is 12.7. The first kappa shape index (κ1) is 6.75. The molecule has 1 heterocycles. The summed E-state index contributed by atoms with van der Waals surface area (Å²) in [4.78, 5) is 1.99. The Balaban J connectivity index is 2.44. The summed E-state index contributed by atoms with van der Waals surface area (Å²) in [6.45, 7) is 5.11. The average Bonchev–Trinajstić information content (AvgIpc) is 1.80. The molecule has 0 N–H and O–H groups in total. The van der Waals surface area contributed by atoms with Gasteiger partial charge in [-0.3, -0.25) is 0 Å². The van der Waals surface area contributed by atoms with Crippen LogP contribution in [-0.2, 0) is 0 Å². The molecule has 9 heavy (non-hydrogen) atoms. The number of hydrogen-bond acceptors (Lipinski definition) is 1. The Morgan fingerprint density at radius 2 is 2.44 bits per heavy atom. The van der Waals surface area contributed by atoms with E-state index in [4.69, 9.17) is 0 Å². The van der Waals surface area contributed by atoms with Crippen LogP contribution in [0.3, 0.4) is 0 Å². The average molecular weight is 129 g/mol. The van der Waals surface area contributed by atoms with Crippen molar-refractivity contribution in [3.8, 4) is 0 Å². The molecule has 0 aromatic rings. The summed E-state index contributed by atoms with van der Waals surface area (Å²) in [5.41, 5.74) is 0.758. The fraction of sp³-hybridized carbons (Fsp3) is 0.714. The lowest BCUT2D eigenvalue weighted by atomic mass is 10.1. The molecule has 1 saturated heterocycles. The van der Waals surface area contributed by atoms with Crippen molar-refractivity contribution in [1.82, 2.24) is 4.90 Å². The molecule has 1 aliphatic heterocycles. The topological polar surface area (TPSA) is 3.24 Å². The van der Waals surface area contributed by atoms with Crippen molar-refractivity contribution in [2.24, 2.45) is 0 Å². The first-order chi connectivity index (χ1) is 4.20. The van der Waals surface area contributed by atoms with Crippen LogP contribution in [0.25, 0.3) is 0 Å². The van der Waals surface area contributed by atoms with Crippen LogP contribution in [0.2, 0.25) is 0 Å². The van der Waals surface area contributed by atoms with Gasteiger partial charge in [-0.2, -0.15) is 0 Å². The van der Waals surface area contributed by atoms with Crippen molar-refractivity contribution in [2.75, 3.05) is 20.1 Å². The highest BCUT2D eigenvalue weighted by Crippen LogP contribution is 2.15. The van der Waals surface area contributed by atoms with Gasteiger partial charge in [0.1, 0.15) is 6.17 Å². The highest BCUT2D eigenvalue weighted by Gasteiger charge is 2.18. The minimum absolute atomic E-state index is 0.527. The zero-order chi connectivity index (χ0) is 6.85. The van der Waals surface area contributed by atoms with E-state index in [-0.39, 0.29) is 0 Å². The number of likely N-dealkylation sites (tertiary alicyclic amines) is 1. The predicted molar refractivity (Wildman–Crippen MR) is 36.1 cm³/mol. The van der Waals surface area contributed by atoms with Crippen molar-refractivity contribution in [3.05, 3.63) is 12.2 Å². The van der Waals surface area contributed by atoms with Gasteiger partial charge in [0, 0.05) is 13.1 Å². The van der Waals surface area contributed by atoms with Gasteiger partial charge >= 0.3 is 0 Å². The van der Waals surface area contributed by atoms with Crippen molar-refractivity contribution < 1.29 is 4.39 Å². The van der Waals surface area contributed by atoms with Gasteiger partial charge in [0.15, 0.2) is 0 Å². The second-order valence-electron chi connectivity index (χ2n) is 2.64. The van der Waals surface area contributed by atoms with Gasteiger partial charge < -0.3 is 4.90 Å². The molecule has 1 fully saturated rings. The van der Waals surface area contributed by atoms with Gasteiger partial charge in [0.25, 0.3) is 0 Å². The molecule has 0 radical (unpaired) electrons. The highest BCUT2D eigenvalue weighted by molar-refractivity contribution is 5.06. The Bertz CT molecular complexity index is 122. The number of piperidine rings is 1. The van der Waals surface area contributed by atoms with Gasteiger partial charge in [0.05, 0.1) is 0 Å². The third-order valence-electron chi connectivity index (χ3n) is 1.73. The summed E-state index contributed by atoms with van der Waals surface area (Å²) in [7, 11) is 1.93. The first-order valence-corrected chi connectivity index (χ1v) is 3.20. The molecule has 0 aromatic heterocycles. The molecule has 0 aliphatic carbocycles. The summed E-state index contributed by atoms with van der Waals surface area (Å²) in [5, 5.41) is 0. The van der Waals surface area contributed by atoms with Crippen LogP contribution >= 0.6 is 0 Å². The minimum Gasteiger partial charge on any atom is -0.303 e. The molecule has 0 spiro atoms. The zero-order valence-corrected chi connectivity index (χ0v) is 5.73. The van der Waals surface area contributed by atoms with Gasteiger partial charge in [-0.1, -0.05) is 6.58 Å². The molecule has 52 valence electrons. The maximum Gasteiger partial charge on any atom is 0.134 e. The zero-order valence-electron chi connectivity index (χ0n) is 5.73. The monoisotopic (exact) mass is 129 g/mol. The highest BCUT2D eigenvalue weighted by atomic mass is 19.1. The summed E-state index contributed by atoms with van der Waals surface area (Å²) in [6.07, 6.45) is 0.0289. The Kier molecular flexibility index (Phi) is 1.86. The molecule has 2 heteroatoms. The lowest BCUT2D eigenvalue weighted by Crippen LogP contribution is -2.34. The summed E-state index contributed by atoms with van der Waals surface area (Å²) in [6, 6.07) is 0. The maximum absolute atomic E-state index is 12.7. The number of alkyl halides is 1. The van der Waals surface area contributed by atoms with Crippen molar-refractivity contribution in [3.63, 3.8) is 0 Å². The van der Waals surface area contributed by atoms with Crippen LogP contribution in [-0.4, -0.2) is 31.2 Å². The normalized spacial score (nSPS) is 30.9. The predicted octanol–water partition coefficient (Wildman–Crippen LogP) is 1.22. The lowest BCUT2D eigenvalue weighted by molar-refractivity contribution is 0.211. The van der Waals surface area contributed by atoms with Gasteiger partial charge in [0.2, 0.25) is 0 Å². The Morgan fingerprint density at radius 3 is 2.89 bits per heavy atom. The minimum atomic E-state index is -0.788. The smallest absolute Gasteiger partial charge is 0.134 e. The number of rotatable bonds is 0. The standard InChI is InChI=1S/C7H12FN/c1-6-3-4-9(2)5-7(6)8/h7H,1,3-5H2,2H3. The quantitative estimate of drug-likeness (QED) is 0.444. The van der Waals surface area contributed by atoms with Crippen LogP contribution in [0.5, 0.6) is 0 Å². The van der Waals surface area contributed by atoms with Crippen LogP contribution in [0, 0.1) is 0 Å². The van der Waals surface area contributed by atoms with Crippen molar-refractivity contribution in [1.29, 1.82) is 0 Å². The van der Waals surface area contributed by atoms with Crippen LogP contribution in [0.1, 0.15) is 6.42 Å². The molecule has 1 rings (SSSR count). The van der Waals surface area contributed by atoms with Gasteiger partial charge in [-0.25, -0.2) is 4.39 Å². The largest absolute Gasteiger partial charge is 0.303 e. The van der Waals surface area contributed by atoms with E-state index in [9.17, 15) is 4.39 Å². The first-order valence-electron chi connectivity index (χ1n) is 3.20. The molecular weight excluding hydrogens is 117 g/mol. The number of hydrogen-bond donors (Lipinski definition) is 0. The molecule has 1 nitrogen and oxygen atoms in total. The molecule has 1 unspecified atom stereocenters. The third-order valence-corrected chi connectivity index (χ3v) is 1.73. The molecule has 1 atom stereocenters. The van der Waals surface area contributed by atoms with E-state index >= 15 is 0 Å². The molecule has 0 aromatic carbocycles. The Morgan fingerprint density at radius 1 is 1.78 bits per heavy atom. The molecular formula is C7H12FN. The van der Waals surface area contributed by atoms with E-state index < -0.39 is 6.17 Å². The molecule has 0 saturated carbocycles. The lowest BCUT2D eigenvalue weighted by Gasteiger charge is -2.26. The fourth-order valence-electron chi connectivity index (χ4n) is 0.985. The Labute approximate surface area is 55.2 Å². The third kappa shape index (κ3) is 1.52. The van der Waals surface area contributed by atoms with Crippen LogP contribution < -0.4 is 0 Å². The van der Waals surface area contributed by atoms with Crippen LogP contribution in [0.4, 0.5) is 4.39 Å². The number of nitrogens with zero attached hydrogens (tertiary/aromatic N) is 1. The summed E-state index contributed by atoms with van der Waals surface area (Å²) >= 11 is 0. The second kappa shape index (κ2) is 2.48. The van der Waals surface area contributed by atoms with E-state index in [0.29, 0.717) is 6.54 Å². The second-order valence-corrected chi connectivity index (χ2v) is 2.64. The van der Waals surface area contributed by atoms with E-state index in [1.807, 2.05) is 11.9 Å².